The van der Waals surface area contributed by atoms with Gasteiger partial charge in [0.05, 0.1) is 10.3 Å². The quantitative estimate of drug-likeness (QED) is 0.645. The normalized spacial score (nSPS) is 20.1. The molecule has 1 N–H and O–H groups in total. The Hall–Kier alpha value is -2.56. The van der Waals surface area contributed by atoms with E-state index in [1.807, 2.05) is 13.8 Å². The maximum absolute atomic E-state index is 13.2. The molecule has 0 spiro atoms. The van der Waals surface area contributed by atoms with Gasteiger partial charge in [-0.15, -0.1) is 11.3 Å². The number of aryl methyl sites for hydroxylation is 1. The number of benzene rings is 1. The molecular weight excluding hydrogens is 436 g/mol. The lowest BCUT2D eigenvalue weighted by atomic mass is 9.94. The molecule has 2 atom stereocenters. The highest BCUT2D eigenvalue weighted by atomic mass is 32.2. The average molecular weight is 461 g/mol. The Labute approximate surface area is 184 Å². The zero-order valence-corrected chi connectivity index (χ0v) is 19.2. The first-order chi connectivity index (χ1) is 14.7. The van der Waals surface area contributed by atoms with Gasteiger partial charge in [0.1, 0.15) is 10.7 Å². The van der Waals surface area contributed by atoms with E-state index < -0.39 is 15.9 Å². The first-order valence-electron chi connectivity index (χ1n) is 10.0. The molecule has 164 valence electrons. The summed E-state index contributed by atoms with van der Waals surface area (Å²) in [7, 11) is -3.72. The van der Waals surface area contributed by atoms with Crippen LogP contribution in [0.4, 0.5) is 0 Å². The number of hydrogen-bond acceptors (Lipinski definition) is 6. The van der Waals surface area contributed by atoms with Gasteiger partial charge in [0.2, 0.25) is 10.0 Å². The van der Waals surface area contributed by atoms with Gasteiger partial charge >= 0.3 is 0 Å². The molecule has 3 heterocycles. The maximum Gasteiger partial charge on any atom is 0.281 e. The molecule has 2 aromatic heterocycles. The highest BCUT2D eigenvalue weighted by Gasteiger charge is 2.32. The highest BCUT2D eigenvalue weighted by Crippen LogP contribution is 2.27. The summed E-state index contributed by atoms with van der Waals surface area (Å²) in [6.45, 7) is 6.63. The van der Waals surface area contributed by atoms with Gasteiger partial charge in [0.25, 0.3) is 11.5 Å². The first kappa shape index (κ1) is 21.7. The van der Waals surface area contributed by atoms with Crippen LogP contribution in [0.5, 0.6) is 0 Å². The van der Waals surface area contributed by atoms with Crippen LogP contribution in [-0.2, 0) is 10.0 Å². The Morgan fingerprint density at radius 3 is 2.61 bits per heavy atom. The minimum absolute atomic E-state index is 0.0666. The van der Waals surface area contributed by atoms with Crippen LogP contribution in [0, 0.1) is 18.8 Å². The van der Waals surface area contributed by atoms with E-state index in [1.54, 1.807) is 18.4 Å². The van der Waals surface area contributed by atoms with Crippen LogP contribution in [0.2, 0.25) is 0 Å². The molecule has 1 saturated heterocycles. The Bertz CT molecular complexity index is 1300. The summed E-state index contributed by atoms with van der Waals surface area (Å²) in [5.74, 6) is 0.311. The van der Waals surface area contributed by atoms with E-state index in [0.29, 0.717) is 29.1 Å². The SMILES string of the molecule is Cc1nc2sccc2c(=O)n1NC(=O)c1cccc(S(=O)(=O)N2C[C@@H](C)C[C@H](C)C2)c1. The van der Waals surface area contributed by atoms with Gasteiger partial charge in [-0.05, 0) is 54.8 Å². The summed E-state index contributed by atoms with van der Waals surface area (Å²) in [5.41, 5.74) is 2.32. The number of piperidine rings is 1. The van der Waals surface area contributed by atoms with Crippen molar-refractivity contribution in [1.29, 1.82) is 0 Å². The number of sulfonamides is 1. The molecule has 3 aromatic rings. The zero-order chi connectivity index (χ0) is 22.3. The second-order valence-electron chi connectivity index (χ2n) is 8.18. The fourth-order valence-corrected chi connectivity index (χ4v) is 6.59. The van der Waals surface area contributed by atoms with Gasteiger partial charge in [-0.1, -0.05) is 19.9 Å². The number of carbonyl (C=O) groups is 1. The van der Waals surface area contributed by atoms with Crippen LogP contribution >= 0.6 is 11.3 Å². The van der Waals surface area contributed by atoms with Crippen molar-refractivity contribution in [2.45, 2.75) is 32.1 Å². The van der Waals surface area contributed by atoms with E-state index in [9.17, 15) is 18.0 Å². The van der Waals surface area contributed by atoms with E-state index in [2.05, 4.69) is 10.4 Å². The molecule has 8 nitrogen and oxygen atoms in total. The van der Waals surface area contributed by atoms with Gasteiger partial charge in [-0.3, -0.25) is 15.0 Å². The van der Waals surface area contributed by atoms with E-state index in [1.165, 1.54) is 39.9 Å². The van der Waals surface area contributed by atoms with E-state index in [4.69, 9.17) is 0 Å². The third-order valence-electron chi connectivity index (χ3n) is 5.45. The standard InChI is InChI=1S/C21H24N4O4S2/c1-13-9-14(2)12-24(11-13)31(28,29)17-6-4-5-16(10-17)19(26)23-25-15(3)22-20-18(21(25)27)7-8-30-20/h4-8,10,13-14H,9,11-12H2,1-3H3,(H,23,26)/t13-,14-/m0/s1. The van der Waals surface area contributed by atoms with Crippen LogP contribution in [0.1, 0.15) is 36.5 Å². The van der Waals surface area contributed by atoms with Crippen molar-refractivity contribution < 1.29 is 13.2 Å². The van der Waals surface area contributed by atoms with Crippen molar-refractivity contribution in [3.8, 4) is 0 Å². The number of thiophene rings is 1. The van der Waals surface area contributed by atoms with Crippen LogP contribution < -0.4 is 11.0 Å². The lowest BCUT2D eigenvalue weighted by molar-refractivity contribution is 0.101. The monoisotopic (exact) mass is 460 g/mol. The molecule has 1 aromatic carbocycles. The Kier molecular flexibility index (Phi) is 5.71. The Morgan fingerprint density at radius 2 is 1.90 bits per heavy atom. The lowest BCUT2D eigenvalue weighted by Gasteiger charge is -2.34. The fourth-order valence-electron chi connectivity index (χ4n) is 4.06. The molecule has 0 radical (unpaired) electrons. The second-order valence-corrected chi connectivity index (χ2v) is 11.0. The Morgan fingerprint density at radius 1 is 1.19 bits per heavy atom. The predicted octanol–water partition coefficient (Wildman–Crippen LogP) is 2.82. The van der Waals surface area contributed by atoms with E-state index >= 15 is 0 Å². The molecule has 0 aliphatic carbocycles. The number of rotatable bonds is 4. The maximum atomic E-state index is 13.2. The van der Waals surface area contributed by atoms with Crippen molar-refractivity contribution in [2.75, 3.05) is 18.5 Å². The van der Waals surface area contributed by atoms with Crippen LogP contribution in [0.25, 0.3) is 10.2 Å². The predicted molar refractivity (Wildman–Crippen MR) is 120 cm³/mol. The van der Waals surface area contributed by atoms with Crippen molar-refractivity contribution >= 4 is 37.5 Å². The second kappa shape index (κ2) is 8.18. The summed E-state index contributed by atoms with van der Waals surface area (Å²) < 4.78 is 28.9. The van der Waals surface area contributed by atoms with Crippen LogP contribution in [0.3, 0.4) is 0 Å². The molecule has 10 heteroatoms. The molecular formula is C21H24N4O4S2. The minimum Gasteiger partial charge on any atom is -0.267 e. The fraction of sp³-hybridized carbons (Fsp3) is 0.381. The van der Waals surface area contributed by atoms with E-state index in [0.717, 1.165) is 11.1 Å². The molecule has 1 amide bonds. The summed E-state index contributed by atoms with van der Waals surface area (Å²) in [6.07, 6.45) is 0.991. The van der Waals surface area contributed by atoms with Crippen molar-refractivity contribution in [3.63, 3.8) is 0 Å². The van der Waals surface area contributed by atoms with Gasteiger partial charge in [0, 0.05) is 18.7 Å². The number of nitrogens with zero attached hydrogens (tertiary/aromatic N) is 3. The summed E-state index contributed by atoms with van der Waals surface area (Å²) in [6, 6.07) is 7.56. The molecule has 0 bridgehead atoms. The van der Waals surface area contributed by atoms with Gasteiger partial charge in [-0.2, -0.15) is 4.31 Å². The number of nitrogens with one attached hydrogen (secondary N) is 1. The van der Waals surface area contributed by atoms with Crippen molar-refractivity contribution in [1.82, 2.24) is 14.0 Å². The van der Waals surface area contributed by atoms with Gasteiger partial charge in [0.15, 0.2) is 0 Å². The van der Waals surface area contributed by atoms with E-state index in [-0.39, 0.29) is 27.9 Å². The number of amides is 1. The third kappa shape index (κ3) is 4.15. The summed E-state index contributed by atoms with van der Waals surface area (Å²) in [4.78, 5) is 30.5. The average Bonchev–Trinajstić information content (AvgIpc) is 3.19. The summed E-state index contributed by atoms with van der Waals surface area (Å²) >= 11 is 1.35. The highest BCUT2D eigenvalue weighted by molar-refractivity contribution is 7.89. The van der Waals surface area contributed by atoms with Crippen LogP contribution in [-0.4, -0.2) is 41.4 Å². The topological polar surface area (TPSA) is 101 Å². The van der Waals surface area contributed by atoms with Gasteiger partial charge < -0.3 is 0 Å². The molecule has 0 saturated carbocycles. The third-order valence-corrected chi connectivity index (χ3v) is 8.08. The zero-order valence-electron chi connectivity index (χ0n) is 17.5. The Balaban J connectivity index is 1.63. The molecule has 0 unspecified atom stereocenters. The number of hydrogen-bond donors (Lipinski definition) is 1. The summed E-state index contributed by atoms with van der Waals surface area (Å²) in [5, 5.41) is 2.18. The smallest absolute Gasteiger partial charge is 0.267 e. The van der Waals surface area contributed by atoms with Gasteiger partial charge in [-0.25, -0.2) is 18.1 Å². The lowest BCUT2D eigenvalue weighted by Crippen LogP contribution is -2.42. The number of aromatic nitrogens is 2. The number of fused-ring (bicyclic) bond motifs is 1. The van der Waals surface area contributed by atoms with Crippen molar-refractivity contribution in [2.24, 2.45) is 11.8 Å². The minimum atomic E-state index is -3.72. The molecule has 31 heavy (non-hydrogen) atoms. The molecule has 1 aliphatic rings. The first-order valence-corrected chi connectivity index (χ1v) is 12.4. The molecule has 1 fully saturated rings. The largest absolute Gasteiger partial charge is 0.281 e. The molecule has 1 aliphatic heterocycles. The van der Waals surface area contributed by atoms with Crippen molar-refractivity contribution in [3.05, 3.63) is 57.5 Å². The molecule has 4 rings (SSSR count). The number of carbonyl (C=O) groups excluding carboxylic acids is 1. The van der Waals surface area contributed by atoms with Crippen LogP contribution in [0.15, 0.2) is 45.4 Å².